The number of rotatable bonds is 7. The van der Waals surface area contributed by atoms with Gasteiger partial charge in [0.05, 0.1) is 0 Å². The lowest BCUT2D eigenvalue weighted by Gasteiger charge is -2.16. The second kappa shape index (κ2) is 8.67. The molecule has 4 heteroatoms. The maximum Gasteiger partial charge on any atom is 0.224 e. The highest BCUT2D eigenvalue weighted by Gasteiger charge is 2.15. The molecule has 1 aliphatic heterocycles. The number of benzene rings is 2. The van der Waals surface area contributed by atoms with Gasteiger partial charge in [0.25, 0.3) is 0 Å². The monoisotopic (exact) mass is 337 g/mol. The van der Waals surface area contributed by atoms with Crippen LogP contribution in [0.2, 0.25) is 0 Å². The van der Waals surface area contributed by atoms with Crippen LogP contribution in [0, 0.1) is 5.92 Å². The summed E-state index contributed by atoms with van der Waals surface area (Å²) in [6.45, 7) is 4.28. The van der Waals surface area contributed by atoms with Gasteiger partial charge < -0.3 is 16.0 Å². The molecule has 0 radical (unpaired) electrons. The summed E-state index contributed by atoms with van der Waals surface area (Å²) >= 11 is 0. The molecule has 1 fully saturated rings. The average molecular weight is 337 g/mol. The maximum absolute atomic E-state index is 12.1. The Morgan fingerprint density at radius 2 is 1.84 bits per heavy atom. The van der Waals surface area contributed by atoms with E-state index in [2.05, 4.69) is 35.0 Å². The first-order chi connectivity index (χ1) is 12.2. The van der Waals surface area contributed by atoms with Crippen molar-refractivity contribution in [3.8, 4) is 0 Å². The van der Waals surface area contributed by atoms with Gasteiger partial charge >= 0.3 is 0 Å². The molecule has 1 aliphatic rings. The standard InChI is InChI=1S/C21H27N3O/c1-16(18-5-3-2-4-6-18)23-19-8-10-20(11-9-19)24-21(25)12-7-17-13-14-22-15-17/h2-6,8-11,16-17,22-23H,7,12-15H2,1H3,(H,24,25). The minimum absolute atomic E-state index is 0.102. The van der Waals surface area contributed by atoms with Gasteiger partial charge in [0, 0.05) is 23.8 Å². The number of amides is 1. The minimum atomic E-state index is 0.102. The molecule has 3 N–H and O–H groups in total. The molecule has 1 heterocycles. The zero-order valence-electron chi connectivity index (χ0n) is 14.8. The molecule has 2 atom stereocenters. The highest BCUT2D eigenvalue weighted by Crippen LogP contribution is 2.21. The van der Waals surface area contributed by atoms with E-state index in [9.17, 15) is 4.79 Å². The van der Waals surface area contributed by atoms with Crippen molar-refractivity contribution >= 4 is 17.3 Å². The van der Waals surface area contributed by atoms with E-state index in [1.54, 1.807) is 0 Å². The van der Waals surface area contributed by atoms with Crippen molar-refractivity contribution < 1.29 is 4.79 Å². The molecular formula is C21H27N3O. The van der Waals surface area contributed by atoms with Crippen LogP contribution in [0.4, 0.5) is 11.4 Å². The van der Waals surface area contributed by atoms with Crippen LogP contribution in [-0.2, 0) is 4.79 Å². The molecule has 25 heavy (non-hydrogen) atoms. The molecule has 2 unspecified atom stereocenters. The van der Waals surface area contributed by atoms with E-state index in [0.29, 0.717) is 12.3 Å². The smallest absolute Gasteiger partial charge is 0.224 e. The SMILES string of the molecule is CC(Nc1ccc(NC(=O)CCC2CCNC2)cc1)c1ccccc1. The zero-order chi connectivity index (χ0) is 17.5. The number of nitrogens with one attached hydrogen (secondary N) is 3. The summed E-state index contributed by atoms with van der Waals surface area (Å²) in [5.74, 6) is 0.752. The first-order valence-corrected chi connectivity index (χ1v) is 9.13. The number of hydrogen-bond acceptors (Lipinski definition) is 3. The minimum Gasteiger partial charge on any atom is -0.379 e. The number of carbonyl (C=O) groups excluding carboxylic acids is 1. The molecular weight excluding hydrogens is 310 g/mol. The average Bonchev–Trinajstić information content (AvgIpc) is 3.16. The molecule has 0 aromatic heterocycles. The molecule has 3 rings (SSSR count). The van der Waals surface area contributed by atoms with E-state index >= 15 is 0 Å². The third-order valence-electron chi connectivity index (χ3n) is 4.79. The third-order valence-corrected chi connectivity index (χ3v) is 4.79. The summed E-state index contributed by atoms with van der Waals surface area (Å²) in [7, 11) is 0. The van der Waals surface area contributed by atoms with E-state index in [0.717, 1.165) is 30.9 Å². The Bertz CT molecular complexity index is 663. The van der Waals surface area contributed by atoms with E-state index in [1.807, 2.05) is 42.5 Å². The van der Waals surface area contributed by atoms with Gasteiger partial charge in [-0.3, -0.25) is 4.79 Å². The predicted molar refractivity (Wildman–Crippen MR) is 104 cm³/mol. The van der Waals surface area contributed by atoms with Crippen LogP contribution in [0.15, 0.2) is 54.6 Å². The van der Waals surface area contributed by atoms with Crippen molar-refractivity contribution in [1.82, 2.24) is 5.32 Å². The molecule has 132 valence electrons. The first-order valence-electron chi connectivity index (χ1n) is 9.13. The number of anilines is 2. The van der Waals surface area contributed by atoms with Gasteiger partial charge in [-0.1, -0.05) is 30.3 Å². The Morgan fingerprint density at radius 1 is 1.12 bits per heavy atom. The van der Waals surface area contributed by atoms with E-state index < -0.39 is 0 Å². The largest absolute Gasteiger partial charge is 0.379 e. The third kappa shape index (κ3) is 5.33. The molecule has 1 saturated heterocycles. The Hall–Kier alpha value is -2.33. The van der Waals surface area contributed by atoms with Gasteiger partial charge in [-0.15, -0.1) is 0 Å². The van der Waals surface area contributed by atoms with Crippen LogP contribution in [-0.4, -0.2) is 19.0 Å². The topological polar surface area (TPSA) is 53.2 Å². The first kappa shape index (κ1) is 17.5. The Kier molecular flexibility index (Phi) is 6.07. The van der Waals surface area contributed by atoms with Gasteiger partial charge in [-0.25, -0.2) is 0 Å². The summed E-state index contributed by atoms with van der Waals surface area (Å²) in [4.78, 5) is 12.1. The zero-order valence-corrected chi connectivity index (χ0v) is 14.8. The van der Waals surface area contributed by atoms with E-state index in [-0.39, 0.29) is 11.9 Å². The fourth-order valence-corrected chi connectivity index (χ4v) is 3.24. The van der Waals surface area contributed by atoms with Crippen LogP contribution >= 0.6 is 0 Å². The Morgan fingerprint density at radius 3 is 2.52 bits per heavy atom. The fraction of sp³-hybridized carbons (Fsp3) is 0.381. The van der Waals surface area contributed by atoms with Gasteiger partial charge in [-0.2, -0.15) is 0 Å². The summed E-state index contributed by atoms with van der Waals surface area (Å²) in [6, 6.07) is 18.5. The molecule has 2 aromatic rings. The lowest BCUT2D eigenvalue weighted by atomic mass is 10.0. The van der Waals surface area contributed by atoms with Crippen molar-refractivity contribution in [1.29, 1.82) is 0 Å². The lowest BCUT2D eigenvalue weighted by molar-refractivity contribution is -0.116. The normalized spacial score (nSPS) is 17.9. The van der Waals surface area contributed by atoms with Crippen molar-refractivity contribution in [3.05, 3.63) is 60.2 Å². The summed E-state index contributed by atoms with van der Waals surface area (Å²) in [5.41, 5.74) is 3.15. The molecule has 0 spiro atoms. The highest BCUT2D eigenvalue weighted by molar-refractivity contribution is 5.90. The quantitative estimate of drug-likeness (QED) is 0.710. The number of carbonyl (C=O) groups is 1. The van der Waals surface area contributed by atoms with E-state index in [1.165, 1.54) is 12.0 Å². The Labute approximate surface area is 150 Å². The van der Waals surface area contributed by atoms with Crippen LogP contribution in [0.1, 0.15) is 37.8 Å². The second-order valence-electron chi connectivity index (χ2n) is 6.80. The van der Waals surface area contributed by atoms with Crippen LogP contribution in [0.5, 0.6) is 0 Å². The second-order valence-corrected chi connectivity index (χ2v) is 6.80. The molecule has 1 amide bonds. The van der Waals surface area contributed by atoms with Crippen molar-refractivity contribution in [2.75, 3.05) is 23.7 Å². The van der Waals surface area contributed by atoms with E-state index in [4.69, 9.17) is 0 Å². The number of hydrogen-bond donors (Lipinski definition) is 3. The van der Waals surface area contributed by atoms with Crippen LogP contribution < -0.4 is 16.0 Å². The van der Waals surface area contributed by atoms with Gasteiger partial charge in [0.1, 0.15) is 0 Å². The van der Waals surface area contributed by atoms with Gasteiger partial charge in [0.15, 0.2) is 0 Å². The molecule has 4 nitrogen and oxygen atoms in total. The summed E-state index contributed by atoms with van der Waals surface area (Å²) in [6.07, 6.45) is 2.75. The van der Waals surface area contributed by atoms with Crippen molar-refractivity contribution in [2.24, 2.45) is 5.92 Å². The van der Waals surface area contributed by atoms with Crippen molar-refractivity contribution in [2.45, 2.75) is 32.2 Å². The molecule has 2 aromatic carbocycles. The predicted octanol–water partition coefficient (Wildman–Crippen LogP) is 4.19. The fourth-order valence-electron chi connectivity index (χ4n) is 3.24. The molecule has 0 saturated carbocycles. The van der Waals surface area contributed by atoms with Crippen LogP contribution in [0.25, 0.3) is 0 Å². The highest BCUT2D eigenvalue weighted by atomic mass is 16.1. The summed E-state index contributed by atoms with van der Waals surface area (Å²) < 4.78 is 0. The molecule has 0 aliphatic carbocycles. The van der Waals surface area contributed by atoms with Crippen LogP contribution in [0.3, 0.4) is 0 Å². The summed E-state index contributed by atoms with van der Waals surface area (Å²) in [5, 5.41) is 9.81. The maximum atomic E-state index is 12.1. The van der Waals surface area contributed by atoms with Crippen molar-refractivity contribution in [3.63, 3.8) is 0 Å². The van der Waals surface area contributed by atoms with Gasteiger partial charge in [0.2, 0.25) is 5.91 Å². The Balaban J connectivity index is 1.47. The van der Waals surface area contributed by atoms with Gasteiger partial charge in [-0.05, 0) is 68.6 Å². The molecule has 0 bridgehead atoms. The lowest BCUT2D eigenvalue weighted by Crippen LogP contribution is -2.15.